The third-order valence-electron chi connectivity index (χ3n) is 2.88. The number of hydrogen-bond acceptors (Lipinski definition) is 4. The minimum atomic E-state index is -0.485. The van der Waals surface area contributed by atoms with Crippen molar-refractivity contribution >= 4 is 22.6 Å². The van der Waals surface area contributed by atoms with Crippen LogP contribution < -0.4 is 16.8 Å². The van der Waals surface area contributed by atoms with Crippen molar-refractivity contribution in [1.29, 1.82) is 0 Å². The molecule has 0 spiro atoms. The van der Waals surface area contributed by atoms with E-state index in [0.717, 1.165) is 17.3 Å². The Balaban J connectivity index is 2.33. The number of carbonyl (C=O) groups excluding carboxylic acids is 1. The van der Waals surface area contributed by atoms with E-state index in [1.54, 1.807) is 6.07 Å². The molecule has 100 valence electrons. The number of aromatic nitrogens is 1. The molecule has 1 amide bonds. The molecule has 1 atom stereocenters. The predicted octanol–water partition coefficient (Wildman–Crippen LogP) is 1.48. The summed E-state index contributed by atoms with van der Waals surface area (Å²) in [6, 6.07) is 9.48. The molecule has 0 radical (unpaired) electrons. The molecule has 2 rings (SSSR count). The fraction of sp³-hybridized carbons (Fsp3) is 0.286. The van der Waals surface area contributed by atoms with Crippen molar-refractivity contribution < 1.29 is 4.79 Å². The Morgan fingerprint density at radius 1 is 1.42 bits per heavy atom. The van der Waals surface area contributed by atoms with Crippen LogP contribution in [0.1, 0.15) is 23.7 Å². The first-order chi connectivity index (χ1) is 9.08. The van der Waals surface area contributed by atoms with Crippen LogP contribution in [0, 0.1) is 0 Å². The van der Waals surface area contributed by atoms with Crippen molar-refractivity contribution in [2.75, 3.05) is 11.9 Å². The molecule has 0 aliphatic carbocycles. The van der Waals surface area contributed by atoms with E-state index in [1.807, 2.05) is 31.2 Å². The van der Waals surface area contributed by atoms with Gasteiger partial charge in [-0.2, -0.15) is 0 Å². The summed E-state index contributed by atoms with van der Waals surface area (Å²) in [5.74, 6) is 0.0356. The molecule has 0 bridgehead atoms. The third kappa shape index (κ3) is 3.20. The van der Waals surface area contributed by atoms with Gasteiger partial charge in [-0.25, -0.2) is 4.98 Å². The van der Waals surface area contributed by atoms with Gasteiger partial charge in [0, 0.05) is 18.0 Å². The molecule has 2 aromatic rings. The van der Waals surface area contributed by atoms with Crippen LogP contribution in [0.2, 0.25) is 0 Å². The lowest BCUT2D eigenvalue weighted by Gasteiger charge is -2.11. The molecule has 1 aromatic carbocycles. The molecule has 0 fully saturated rings. The summed E-state index contributed by atoms with van der Waals surface area (Å²) in [5.41, 5.74) is 12.3. The van der Waals surface area contributed by atoms with Crippen molar-refractivity contribution in [2.45, 2.75) is 19.4 Å². The number of para-hydroxylation sites is 1. The number of primary amides is 1. The molecule has 0 aliphatic heterocycles. The van der Waals surface area contributed by atoms with Gasteiger partial charge in [-0.15, -0.1) is 0 Å². The van der Waals surface area contributed by atoms with Gasteiger partial charge in [0.25, 0.3) is 5.91 Å². The molecular formula is C14H18N4O. The maximum absolute atomic E-state index is 11.5. The molecule has 5 nitrogen and oxygen atoms in total. The highest BCUT2D eigenvalue weighted by Gasteiger charge is 2.11. The van der Waals surface area contributed by atoms with Crippen molar-refractivity contribution in [3.63, 3.8) is 0 Å². The molecule has 19 heavy (non-hydrogen) atoms. The summed E-state index contributed by atoms with van der Waals surface area (Å²) in [4.78, 5) is 15.9. The maximum atomic E-state index is 11.5. The minimum Gasteiger partial charge on any atom is -0.369 e. The summed E-state index contributed by atoms with van der Waals surface area (Å²) >= 11 is 0. The zero-order valence-electron chi connectivity index (χ0n) is 10.9. The van der Waals surface area contributed by atoms with Gasteiger partial charge < -0.3 is 16.8 Å². The molecule has 0 aliphatic rings. The van der Waals surface area contributed by atoms with Gasteiger partial charge in [0.15, 0.2) is 0 Å². The number of anilines is 1. The Morgan fingerprint density at radius 3 is 2.84 bits per heavy atom. The Morgan fingerprint density at radius 2 is 2.16 bits per heavy atom. The summed E-state index contributed by atoms with van der Waals surface area (Å²) < 4.78 is 0. The zero-order chi connectivity index (χ0) is 13.8. The number of nitrogens with one attached hydrogen (secondary N) is 1. The highest BCUT2D eigenvalue weighted by atomic mass is 16.1. The lowest BCUT2D eigenvalue weighted by Crippen LogP contribution is -2.21. The number of benzene rings is 1. The second kappa shape index (κ2) is 5.67. The van der Waals surface area contributed by atoms with Gasteiger partial charge in [-0.05, 0) is 25.5 Å². The lowest BCUT2D eigenvalue weighted by atomic mass is 10.1. The number of rotatable bonds is 5. The molecule has 1 heterocycles. The van der Waals surface area contributed by atoms with Crippen LogP contribution in [0.25, 0.3) is 10.9 Å². The van der Waals surface area contributed by atoms with Crippen molar-refractivity contribution in [3.05, 3.63) is 35.9 Å². The fourth-order valence-corrected chi connectivity index (χ4v) is 1.86. The van der Waals surface area contributed by atoms with E-state index >= 15 is 0 Å². The Hall–Kier alpha value is -2.14. The van der Waals surface area contributed by atoms with E-state index in [9.17, 15) is 4.79 Å². The van der Waals surface area contributed by atoms with Crippen molar-refractivity contribution in [2.24, 2.45) is 11.5 Å². The molecule has 5 N–H and O–H groups in total. The molecule has 0 saturated carbocycles. The smallest absolute Gasteiger partial charge is 0.252 e. The number of nitrogens with zero attached hydrogens (tertiary/aromatic N) is 1. The monoisotopic (exact) mass is 258 g/mol. The Kier molecular flexibility index (Phi) is 3.97. The molecule has 5 heteroatoms. The summed E-state index contributed by atoms with van der Waals surface area (Å²) in [5, 5.41) is 4.02. The van der Waals surface area contributed by atoms with E-state index in [-0.39, 0.29) is 6.04 Å². The van der Waals surface area contributed by atoms with Crippen LogP contribution >= 0.6 is 0 Å². The van der Waals surface area contributed by atoms with E-state index < -0.39 is 5.91 Å². The topological polar surface area (TPSA) is 94.0 Å². The standard InChI is InChI=1S/C14H18N4O/c1-9(15)6-7-17-14-11(13(16)19)8-10-4-2-3-5-12(10)18-14/h2-5,8-9H,6-7,15H2,1H3,(H2,16,19)(H,17,18). The van der Waals surface area contributed by atoms with E-state index in [1.165, 1.54) is 0 Å². The number of pyridine rings is 1. The largest absolute Gasteiger partial charge is 0.369 e. The number of fused-ring (bicyclic) bond motifs is 1. The highest BCUT2D eigenvalue weighted by molar-refractivity contribution is 6.01. The number of nitrogens with two attached hydrogens (primary N) is 2. The average molecular weight is 258 g/mol. The Bertz CT molecular complexity index is 595. The van der Waals surface area contributed by atoms with Crippen LogP contribution in [-0.2, 0) is 0 Å². The van der Waals surface area contributed by atoms with E-state index in [4.69, 9.17) is 11.5 Å². The van der Waals surface area contributed by atoms with Gasteiger partial charge >= 0.3 is 0 Å². The number of amides is 1. The summed E-state index contributed by atoms with van der Waals surface area (Å²) in [6.45, 7) is 2.59. The lowest BCUT2D eigenvalue weighted by molar-refractivity contribution is 0.100. The first kappa shape index (κ1) is 13.3. The average Bonchev–Trinajstić information content (AvgIpc) is 2.37. The van der Waals surface area contributed by atoms with Crippen LogP contribution in [0.3, 0.4) is 0 Å². The van der Waals surface area contributed by atoms with E-state index in [0.29, 0.717) is 17.9 Å². The second-order valence-corrected chi connectivity index (χ2v) is 4.63. The van der Waals surface area contributed by atoms with Gasteiger partial charge in [-0.1, -0.05) is 18.2 Å². The first-order valence-corrected chi connectivity index (χ1v) is 6.27. The summed E-state index contributed by atoms with van der Waals surface area (Å²) in [7, 11) is 0. The van der Waals surface area contributed by atoms with Gasteiger partial charge in [-0.3, -0.25) is 4.79 Å². The van der Waals surface area contributed by atoms with Crippen LogP contribution in [0.4, 0.5) is 5.82 Å². The summed E-state index contributed by atoms with van der Waals surface area (Å²) in [6.07, 6.45) is 0.798. The fourth-order valence-electron chi connectivity index (χ4n) is 1.86. The van der Waals surface area contributed by atoms with Crippen LogP contribution in [0.15, 0.2) is 30.3 Å². The molecule has 0 saturated heterocycles. The van der Waals surface area contributed by atoms with Crippen LogP contribution in [0.5, 0.6) is 0 Å². The van der Waals surface area contributed by atoms with Gasteiger partial charge in [0.2, 0.25) is 0 Å². The second-order valence-electron chi connectivity index (χ2n) is 4.63. The molecular weight excluding hydrogens is 240 g/mol. The quantitative estimate of drug-likeness (QED) is 0.757. The molecule has 1 aromatic heterocycles. The number of hydrogen-bond donors (Lipinski definition) is 3. The van der Waals surface area contributed by atoms with Crippen molar-refractivity contribution in [1.82, 2.24) is 4.98 Å². The maximum Gasteiger partial charge on any atom is 0.252 e. The Labute approximate surface area is 112 Å². The predicted molar refractivity (Wildman–Crippen MR) is 77.0 cm³/mol. The van der Waals surface area contributed by atoms with Crippen LogP contribution in [-0.4, -0.2) is 23.5 Å². The first-order valence-electron chi connectivity index (χ1n) is 6.27. The van der Waals surface area contributed by atoms with Crippen molar-refractivity contribution in [3.8, 4) is 0 Å². The highest BCUT2D eigenvalue weighted by Crippen LogP contribution is 2.20. The van der Waals surface area contributed by atoms with Gasteiger partial charge in [0.1, 0.15) is 5.82 Å². The third-order valence-corrected chi connectivity index (χ3v) is 2.88. The number of carbonyl (C=O) groups is 1. The SMILES string of the molecule is CC(N)CCNc1nc2ccccc2cc1C(N)=O. The normalized spacial score (nSPS) is 12.3. The molecule has 1 unspecified atom stereocenters. The van der Waals surface area contributed by atoms with E-state index in [2.05, 4.69) is 10.3 Å². The minimum absolute atomic E-state index is 0.102. The van der Waals surface area contributed by atoms with Gasteiger partial charge in [0.05, 0.1) is 11.1 Å². The zero-order valence-corrected chi connectivity index (χ0v) is 10.9.